The highest BCUT2D eigenvalue weighted by Crippen LogP contribution is 2.40. The van der Waals surface area contributed by atoms with Gasteiger partial charge in [0.2, 0.25) is 0 Å². The van der Waals surface area contributed by atoms with Crippen LogP contribution in [-0.2, 0) is 6.42 Å². The lowest BCUT2D eigenvalue weighted by molar-refractivity contribution is 0.0944. The van der Waals surface area contributed by atoms with Crippen LogP contribution in [0.2, 0.25) is 5.02 Å². The van der Waals surface area contributed by atoms with Gasteiger partial charge in [-0.05, 0) is 23.8 Å². The number of ether oxygens (including phenoxy) is 2. The molecule has 2 heterocycles. The Labute approximate surface area is 127 Å². The molecule has 0 saturated carbocycles. The summed E-state index contributed by atoms with van der Waals surface area (Å²) in [5, 5.41) is 0.579. The summed E-state index contributed by atoms with van der Waals surface area (Å²) >= 11 is 6.14. The summed E-state index contributed by atoms with van der Waals surface area (Å²) in [6.45, 7) is 0.979. The summed E-state index contributed by atoms with van der Waals surface area (Å²) < 4.78 is 11.2. The number of carbonyl (C=O) groups is 1. The number of rotatable bonds is 2. The fourth-order valence-electron chi connectivity index (χ4n) is 3.02. The van der Waals surface area contributed by atoms with E-state index in [4.69, 9.17) is 21.1 Å². The number of ketones is 1. The van der Waals surface area contributed by atoms with E-state index in [1.807, 2.05) is 30.3 Å². The molecule has 1 unspecified atom stereocenters. The van der Waals surface area contributed by atoms with Crippen molar-refractivity contribution in [2.45, 2.75) is 12.3 Å². The number of Topliss-reactive ketones (excluding diaryl/α,β-unsaturated/α-hetero) is 1. The van der Waals surface area contributed by atoms with Crippen LogP contribution in [0.4, 0.5) is 0 Å². The SMILES string of the molecule is O=C(c1cc(Cl)cc2c1OCC2)C1COc2ccccc21. The predicted molar refractivity (Wildman–Crippen MR) is 79.7 cm³/mol. The van der Waals surface area contributed by atoms with Crippen molar-refractivity contribution in [1.29, 1.82) is 0 Å². The number of hydrogen-bond donors (Lipinski definition) is 0. The molecular weight excluding hydrogens is 288 g/mol. The van der Waals surface area contributed by atoms with Crippen LogP contribution in [0.3, 0.4) is 0 Å². The van der Waals surface area contributed by atoms with Gasteiger partial charge in [-0.2, -0.15) is 0 Å². The average molecular weight is 301 g/mol. The summed E-state index contributed by atoms with van der Waals surface area (Å²) in [5.74, 6) is 1.21. The number of fused-ring (bicyclic) bond motifs is 2. The van der Waals surface area contributed by atoms with Crippen LogP contribution in [0.5, 0.6) is 11.5 Å². The molecule has 106 valence electrons. The molecule has 0 aromatic heterocycles. The zero-order chi connectivity index (χ0) is 14.4. The predicted octanol–water partition coefficient (Wildman–Crippen LogP) is 3.63. The van der Waals surface area contributed by atoms with E-state index in [1.54, 1.807) is 6.07 Å². The molecule has 4 heteroatoms. The highest BCUT2D eigenvalue weighted by Gasteiger charge is 2.33. The summed E-state index contributed by atoms with van der Waals surface area (Å²) in [7, 11) is 0. The maximum atomic E-state index is 12.9. The Bertz CT molecular complexity index is 739. The van der Waals surface area contributed by atoms with Crippen molar-refractivity contribution in [3.05, 3.63) is 58.1 Å². The van der Waals surface area contributed by atoms with E-state index in [0.29, 0.717) is 29.5 Å². The first-order valence-electron chi connectivity index (χ1n) is 6.95. The van der Waals surface area contributed by atoms with Gasteiger partial charge >= 0.3 is 0 Å². The molecule has 0 N–H and O–H groups in total. The molecule has 0 bridgehead atoms. The van der Waals surface area contributed by atoms with Crippen molar-refractivity contribution in [2.24, 2.45) is 0 Å². The molecule has 2 aliphatic rings. The van der Waals surface area contributed by atoms with Gasteiger partial charge in [-0.15, -0.1) is 0 Å². The van der Waals surface area contributed by atoms with Crippen molar-refractivity contribution in [3.8, 4) is 11.5 Å². The van der Waals surface area contributed by atoms with Crippen LogP contribution in [-0.4, -0.2) is 19.0 Å². The summed E-state index contributed by atoms with van der Waals surface area (Å²) in [4.78, 5) is 12.9. The van der Waals surface area contributed by atoms with Crippen molar-refractivity contribution < 1.29 is 14.3 Å². The first-order chi connectivity index (χ1) is 10.2. The first-order valence-corrected chi connectivity index (χ1v) is 7.33. The number of para-hydroxylation sites is 1. The van der Waals surface area contributed by atoms with Gasteiger partial charge in [-0.1, -0.05) is 29.8 Å². The van der Waals surface area contributed by atoms with Crippen LogP contribution in [0, 0.1) is 0 Å². The number of carbonyl (C=O) groups excluding carboxylic acids is 1. The summed E-state index contributed by atoms with van der Waals surface area (Å²) in [5.41, 5.74) is 2.52. The Hall–Kier alpha value is -2.00. The van der Waals surface area contributed by atoms with Crippen LogP contribution in [0.25, 0.3) is 0 Å². The Morgan fingerprint density at radius 2 is 2.05 bits per heavy atom. The van der Waals surface area contributed by atoms with Gasteiger partial charge in [0.25, 0.3) is 0 Å². The van der Waals surface area contributed by atoms with E-state index >= 15 is 0 Å². The maximum absolute atomic E-state index is 12.9. The molecule has 3 nitrogen and oxygen atoms in total. The standard InChI is InChI=1S/C17H13ClO3/c18-11-7-10-5-6-20-17(10)13(8-11)16(19)14-9-21-15-4-2-1-3-12(14)15/h1-4,7-8,14H,5-6,9H2. The quantitative estimate of drug-likeness (QED) is 0.795. The van der Waals surface area contributed by atoms with E-state index in [0.717, 1.165) is 23.3 Å². The molecule has 0 amide bonds. The molecule has 2 aliphatic heterocycles. The van der Waals surface area contributed by atoms with E-state index in [1.165, 1.54) is 0 Å². The summed E-state index contributed by atoms with van der Waals surface area (Å²) in [6, 6.07) is 11.2. The molecule has 2 aromatic rings. The molecule has 0 radical (unpaired) electrons. The normalized spacial score (nSPS) is 18.6. The molecule has 0 spiro atoms. The van der Waals surface area contributed by atoms with E-state index < -0.39 is 0 Å². The van der Waals surface area contributed by atoms with Crippen molar-refractivity contribution >= 4 is 17.4 Å². The van der Waals surface area contributed by atoms with Gasteiger partial charge in [0.1, 0.15) is 18.1 Å². The zero-order valence-corrected chi connectivity index (χ0v) is 12.0. The molecule has 0 fully saturated rings. The summed E-state index contributed by atoms with van der Waals surface area (Å²) in [6.07, 6.45) is 0.800. The molecular formula is C17H13ClO3. The van der Waals surface area contributed by atoms with Gasteiger partial charge in [0, 0.05) is 17.0 Å². The highest BCUT2D eigenvalue weighted by molar-refractivity contribution is 6.31. The third-order valence-corrected chi connectivity index (χ3v) is 4.25. The fourth-order valence-corrected chi connectivity index (χ4v) is 3.26. The Balaban J connectivity index is 1.77. The lowest BCUT2D eigenvalue weighted by Gasteiger charge is -2.12. The first kappa shape index (κ1) is 12.7. The fraction of sp³-hybridized carbons (Fsp3) is 0.235. The monoisotopic (exact) mass is 300 g/mol. The lowest BCUT2D eigenvalue weighted by Crippen LogP contribution is -2.15. The topological polar surface area (TPSA) is 35.5 Å². The van der Waals surface area contributed by atoms with E-state index in [2.05, 4.69) is 0 Å². The van der Waals surface area contributed by atoms with Gasteiger partial charge < -0.3 is 9.47 Å². The third-order valence-electron chi connectivity index (χ3n) is 4.03. The second-order valence-corrected chi connectivity index (χ2v) is 5.74. The average Bonchev–Trinajstić information content (AvgIpc) is 3.11. The minimum atomic E-state index is -0.284. The smallest absolute Gasteiger partial charge is 0.177 e. The second-order valence-electron chi connectivity index (χ2n) is 5.31. The zero-order valence-electron chi connectivity index (χ0n) is 11.3. The lowest BCUT2D eigenvalue weighted by atomic mass is 9.91. The third kappa shape index (κ3) is 2.00. The van der Waals surface area contributed by atoms with E-state index in [-0.39, 0.29) is 11.7 Å². The highest BCUT2D eigenvalue weighted by atomic mass is 35.5. The Morgan fingerprint density at radius 3 is 2.95 bits per heavy atom. The largest absolute Gasteiger partial charge is 0.492 e. The minimum Gasteiger partial charge on any atom is -0.492 e. The Morgan fingerprint density at radius 1 is 1.19 bits per heavy atom. The molecule has 0 aliphatic carbocycles. The number of benzene rings is 2. The van der Waals surface area contributed by atoms with Crippen LogP contribution >= 0.6 is 11.6 Å². The van der Waals surface area contributed by atoms with Crippen molar-refractivity contribution in [2.75, 3.05) is 13.2 Å². The Kier molecular flexibility index (Phi) is 2.89. The maximum Gasteiger partial charge on any atom is 0.177 e. The van der Waals surface area contributed by atoms with Crippen LogP contribution in [0.1, 0.15) is 27.4 Å². The molecule has 1 atom stereocenters. The van der Waals surface area contributed by atoms with Gasteiger partial charge in [0.05, 0.1) is 18.1 Å². The second kappa shape index (κ2) is 4.78. The van der Waals surface area contributed by atoms with Crippen LogP contribution < -0.4 is 9.47 Å². The molecule has 21 heavy (non-hydrogen) atoms. The van der Waals surface area contributed by atoms with Crippen molar-refractivity contribution in [1.82, 2.24) is 0 Å². The van der Waals surface area contributed by atoms with Gasteiger partial charge in [-0.3, -0.25) is 4.79 Å². The number of halogens is 1. The molecule has 0 saturated heterocycles. The number of hydrogen-bond acceptors (Lipinski definition) is 3. The van der Waals surface area contributed by atoms with Crippen LogP contribution in [0.15, 0.2) is 36.4 Å². The van der Waals surface area contributed by atoms with Crippen molar-refractivity contribution in [3.63, 3.8) is 0 Å². The van der Waals surface area contributed by atoms with E-state index in [9.17, 15) is 4.79 Å². The molecule has 4 rings (SSSR count). The van der Waals surface area contributed by atoms with Gasteiger partial charge in [0.15, 0.2) is 5.78 Å². The van der Waals surface area contributed by atoms with Gasteiger partial charge in [-0.25, -0.2) is 0 Å². The minimum absolute atomic E-state index is 0.0144. The molecule has 2 aromatic carbocycles.